The van der Waals surface area contributed by atoms with Crippen LogP contribution in [-0.4, -0.2) is 48.9 Å². The molecule has 0 spiro atoms. The Hall–Kier alpha value is -3.59. The smallest absolute Gasteiger partial charge is 0.441 e. The van der Waals surface area contributed by atoms with Gasteiger partial charge in [-0.2, -0.15) is 4.79 Å². The maximum Gasteiger partial charge on any atom is 0.441 e. The molecule has 0 unspecified atom stereocenters. The van der Waals surface area contributed by atoms with E-state index in [1.807, 2.05) is 42.8 Å². The van der Waals surface area contributed by atoms with E-state index in [-0.39, 0.29) is 24.3 Å². The van der Waals surface area contributed by atoms with Gasteiger partial charge in [0.05, 0.1) is 12.0 Å². The Labute approximate surface area is 198 Å². The molecule has 0 aliphatic heterocycles. The third-order valence-electron chi connectivity index (χ3n) is 5.67. The molecule has 0 saturated carbocycles. The van der Waals surface area contributed by atoms with Crippen LogP contribution >= 0.6 is 0 Å². The SMILES string of the molecule is COC(=O)C(=[N+]=[N-])C(=O)CCc1c(CCNS(=O)(=O)c2ccc(C)cc2)c2ccccc2n1C. The zero-order chi connectivity index (χ0) is 24.9. The molecule has 0 aliphatic carbocycles. The number of rotatable bonds is 10. The highest BCUT2D eigenvalue weighted by molar-refractivity contribution is 7.89. The van der Waals surface area contributed by atoms with Gasteiger partial charge in [-0.1, -0.05) is 35.9 Å². The standard InChI is InChI=1S/C24H26N4O5S/c1-16-8-10-17(11-9-16)34(31,32)26-15-14-19-18-6-4-5-7-20(18)28(2)21(19)12-13-22(29)23(27-25)24(30)33-3/h4-11,26H,12-15H2,1-3H3. The second kappa shape index (κ2) is 10.6. The second-order valence-electron chi connectivity index (χ2n) is 7.83. The van der Waals surface area contributed by atoms with Gasteiger partial charge < -0.3 is 14.8 Å². The van der Waals surface area contributed by atoms with E-state index in [0.29, 0.717) is 6.42 Å². The van der Waals surface area contributed by atoms with Crippen molar-refractivity contribution in [2.24, 2.45) is 7.05 Å². The Morgan fingerprint density at radius 1 is 1.09 bits per heavy atom. The van der Waals surface area contributed by atoms with Crippen molar-refractivity contribution < 1.29 is 27.5 Å². The predicted molar refractivity (Wildman–Crippen MR) is 127 cm³/mol. The first-order valence-electron chi connectivity index (χ1n) is 10.6. The Morgan fingerprint density at radius 2 is 1.76 bits per heavy atom. The van der Waals surface area contributed by atoms with Crippen molar-refractivity contribution in [3.63, 3.8) is 0 Å². The Kier molecular flexibility index (Phi) is 7.78. The van der Waals surface area contributed by atoms with Crippen molar-refractivity contribution >= 4 is 38.4 Å². The fourth-order valence-corrected chi connectivity index (χ4v) is 4.92. The van der Waals surface area contributed by atoms with Crippen molar-refractivity contribution in [2.75, 3.05) is 13.7 Å². The summed E-state index contributed by atoms with van der Waals surface area (Å²) in [6.07, 6.45) is 0.578. The lowest BCUT2D eigenvalue weighted by Gasteiger charge is -2.10. The maximum absolute atomic E-state index is 12.7. The molecule has 0 radical (unpaired) electrons. The number of benzene rings is 2. The molecule has 1 heterocycles. The molecule has 178 valence electrons. The number of nitrogens with zero attached hydrogens (tertiary/aromatic N) is 3. The van der Waals surface area contributed by atoms with Gasteiger partial charge in [-0.3, -0.25) is 4.79 Å². The number of nitrogens with one attached hydrogen (secondary N) is 1. The van der Waals surface area contributed by atoms with Crippen LogP contribution in [0.15, 0.2) is 53.4 Å². The van der Waals surface area contributed by atoms with E-state index in [0.717, 1.165) is 34.8 Å². The van der Waals surface area contributed by atoms with E-state index < -0.39 is 27.5 Å². The minimum absolute atomic E-state index is 0.0826. The fourth-order valence-electron chi connectivity index (χ4n) is 3.89. The van der Waals surface area contributed by atoms with Crippen LogP contribution in [0.2, 0.25) is 0 Å². The minimum atomic E-state index is -3.67. The normalized spacial score (nSPS) is 11.3. The van der Waals surface area contributed by atoms with Crippen LogP contribution in [0.25, 0.3) is 16.4 Å². The van der Waals surface area contributed by atoms with Gasteiger partial charge in [0.25, 0.3) is 5.78 Å². The van der Waals surface area contributed by atoms with E-state index in [2.05, 4.69) is 14.2 Å². The summed E-state index contributed by atoms with van der Waals surface area (Å²) in [7, 11) is -0.703. The van der Waals surface area contributed by atoms with Crippen LogP contribution in [0.3, 0.4) is 0 Å². The number of aromatic nitrogens is 1. The van der Waals surface area contributed by atoms with Gasteiger partial charge in [-0.05, 0) is 43.5 Å². The van der Waals surface area contributed by atoms with Gasteiger partial charge in [0.15, 0.2) is 0 Å². The van der Waals surface area contributed by atoms with Gasteiger partial charge in [0, 0.05) is 36.6 Å². The zero-order valence-corrected chi connectivity index (χ0v) is 20.1. The second-order valence-corrected chi connectivity index (χ2v) is 9.59. The maximum atomic E-state index is 12.7. The highest BCUT2D eigenvalue weighted by atomic mass is 32.2. The number of para-hydroxylation sites is 1. The number of hydrogen-bond acceptors (Lipinski definition) is 5. The average molecular weight is 483 g/mol. The molecule has 0 fully saturated rings. The van der Waals surface area contributed by atoms with Gasteiger partial charge in [-0.25, -0.2) is 17.9 Å². The van der Waals surface area contributed by atoms with Crippen molar-refractivity contribution in [1.29, 1.82) is 0 Å². The van der Waals surface area contributed by atoms with Crippen molar-refractivity contribution in [1.82, 2.24) is 9.29 Å². The predicted octanol–water partition coefficient (Wildman–Crippen LogP) is 2.35. The fraction of sp³-hybridized carbons (Fsp3) is 0.292. The van der Waals surface area contributed by atoms with E-state index >= 15 is 0 Å². The number of esters is 1. The summed E-state index contributed by atoms with van der Waals surface area (Å²) in [6, 6.07) is 14.3. The largest absolute Gasteiger partial charge is 0.460 e. The van der Waals surface area contributed by atoms with E-state index in [4.69, 9.17) is 5.53 Å². The molecule has 0 amide bonds. The molecule has 1 N–H and O–H groups in total. The molecule has 3 aromatic rings. The lowest BCUT2D eigenvalue weighted by Crippen LogP contribution is -2.27. The Bertz CT molecular complexity index is 1380. The summed E-state index contributed by atoms with van der Waals surface area (Å²) >= 11 is 0. The number of hydrogen-bond donors (Lipinski definition) is 1. The molecular formula is C24H26N4O5S. The lowest BCUT2D eigenvalue weighted by atomic mass is 10.0. The van der Waals surface area contributed by atoms with Crippen LogP contribution < -0.4 is 4.72 Å². The van der Waals surface area contributed by atoms with Crippen molar-refractivity contribution in [3.05, 3.63) is 70.9 Å². The van der Waals surface area contributed by atoms with E-state index in [9.17, 15) is 18.0 Å². The van der Waals surface area contributed by atoms with E-state index in [1.165, 1.54) is 0 Å². The monoisotopic (exact) mass is 482 g/mol. The van der Waals surface area contributed by atoms with Crippen LogP contribution in [0.5, 0.6) is 0 Å². The van der Waals surface area contributed by atoms with Crippen LogP contribution in [0, 0.1) is 6.92 Å². The number of fused-ring (bicyclic) bond motifs is 1. The van der Waals surface area contributed by atoms with E-state index in [1.54, 1.807) is 24.3 Å². The molecule has 1 aromatic heterocycles. The number of sulfonamides is 1. The van der Waals surface area contributed by atoms with Gasteiger partial charge in [0.2, 0.25) is 10.0 Å². The first kappa shape index (κ1) is 25.0. The molecule has 9 nitrogen and oxygen atoms in total. The number of ether oxygens (including phenoxy) is 1. The molecule has 0 atom stereocenters. The summed E-state index contributed by atoms with van der Waals surface area (Å²) < 4.78 is 34.4. The molecule has 2 aromatic carbocycles. The topological polar surface area (TPSA) is 131 Å². The van der Waals surface area contributed by atoms with Crippen molar-refractivity contribution in [3.8, 4) is 0 Å². The number of aryl methyl sites for hydroxylation is 2. The number of carbonyl (C=O) groups excluding carboxylic acids is 2. The molecule has 0 aliphatic rings. The summed E-state index contributed by atoms with van der Waals surface area (Å²) in [6.45, 7) is 2.05. The number of ketones is 1. The summed E-state index contributed by atoms with van der Waals surface area (Å²) in [5.74, 6) is -1.65. The van der Waals surface area contributed by atoms with Gasteiger partial charge in [0.1, 0.15) is 0 Å². The average Bonchev–Trinajstić information content (AvgIpc) is 3.09. The Balaban J connectivity index is 1.82. The van der Waals surface area contributed by atoms with Crippen LogP contribution in [0.1, 0.15) is 23.2 Å². The number of carbonyl (C=O) groups is 2. The summed E-state index contributed by atoms with van der Waals surface area (Å²) in [5.41, 5.74) is 12.0. The molecular weight excluding hydrogens is 456 g/mol. The summed E-state index contributed by atoms with van der Waals surface area (Å²) in [4.78, 5) is 27.0. The lowest BCUT2D eigenvalue weighted by molar-refractivity contribution is -0.139. The quantitative estimate of drug-likeness (QED) is 0.156. The van der Waals surface area contributed by atoms with Gasteiger partial charge in [-0.15, -0.1) is 0 Å². The first-order chi connectivity index (χ1) is 16.2. The Morgan fingerprint density at radius 3 is 2.41 bits per heavy atom. The van der Waals surface area contributed by atoms with Crippen LogP contribution in [-0.2, 0) is 44.2 Å². The first-order valence-corrected chi connectivity index (χ1v) is 12.1. The third-order valence-corrected chi connectivity index (χ3v) is 7.15. The highest BCUT2D eigenvalue weighted by Gasteiger charge is 2.30. The molecule has 3 rings (SSSR count). The van der Waals surface area contributed by atoms with Crippen molar-refractivity contribution in [2.45, 2.75) is 31.1 Å². The zero-order valence-electron chi connectivity index (χ0n) is 19.2. The molecule has 34 heavy (non-hydrogen) atoms. The summed E-state index contributed by atoms with van der Waals surface area (Å²) in [5, 5.41) is 0.950. The van der Waals surface area contributed by atoms with Crippen LogP contribution in [0.4, 0.5) is 0 Å². The molecule has 10 heteroatoms. The minimum Gasteiger partial charge on any atom is -0.460 e. The number of Topliss-reactive ketones (excluding diaryl/α,β-unsaturated/α-hetero) is 1. The number of methoxy groups -OCH3 is 1. The third kappa shape index (κ3) is 5.31. The highest BCUT2D eigenvalue weighted by Crippen LogP contribution is 2.27. The van der Waals surface area contributed by atoms with Gasteiger partial charge >= 0.3 is 11.7 Å². The molecule has 0 saturated heterocycles. The molecule has 0 bridgehead atoms.